The molecule has 0 radical (unpaired) electrons. The van der Waals surface area contributed by atoms with Crippen LogP contribution in [0, 0.1) is 6.92 Å². The van der Waals surface area contributed by atoms with Crippen molar-refractivity contribution in [3.63, 3.8) is 0 Å². The molecule has 0 saturated carbocycles. The minimum atomic E-state index is -0.273. The van der Waals surface area contributed by atoms with E-state index in [4.69, 9.17) is 4.52 Å². The smallest absolute Gasteiger partial charge is 0.259 e. The number of anilines is 1. The van der Waals surface area contributed by atoms with Gasteiger partial charge in [0, 0.05) is 19.3 Å². The molecule has 1 amide bonds. The summed E-state index contributed by atoms with van der Waals surface area (Å²) in [6.07, 6.45) is 1.76. The molecule has 4 rings (SSSR count). The van der Waals surface area contributed by atoms with Crippen molar-refractivity contribution in [2.24, 2.45) is 7.05 Å². The highest BCUT2D eigenvalue weighted by molar-refractivity contribution is 7.13. The van der Waals surface area contributed by atoms with Crippen molar-refractivity contribution in [1.29, 1.82) is 0 Å². The van der Waals surface area contributed by atoms with Gasteiger partial charge in [-0.1, -0.05) is 11.2 Å². The highest BCUT2D eigenvalue weighted by Gasteiger charge is 2.20. The molecule has 0 aromatic carbocycles. The van der Waals surface area contributed by atoms with Crippen LogP contribution in [0.3, 0.4) is 0 Å². The molecule has 0 aliphatic carbocycles. The Kier molecular flexibility index (Phi) is 3.39. The topological polar surface area (TPSA) is 85.8 Å². The number of rotatable bonds is 3. The van der Waals surface area contributed by atoms with Gasteiger partial charge in [-0.15, -0.1) is 11.3 Å². The van der Waals surface area contributed by atoms with E-state index in [2.05, 4.69) is 20.6 Å². The highest BCUT2D eigenvalue weighted by atomic mass is 32.1. The van der Waals surface area contributed by atoms with E-state index in [-0.39, 0.29) is 5.91 Å². The normalized spacial score (nSPS) is 11.1. The molecule has 0 unspecified atom stereocenters. The van der Waals surface area contributed by atoms with E-state index in [9.17, 15) is 4.79 Å². The molecule has 0 saturated heterocycles. The summed E-state index contributed by atoms with van der Waals surface area (Å²) in [5, 5.41) is 13.5. The first kappa shape index (κ1) is 14.6. The molecule has 0 fully saturated rings. The summed E-state index contributed by atoms with van der Waals surface area (Å²) in [7, 11) is 1.79. The second-order valence-electron chi connectivity index (χ2n) is 5.31. The van der Waals surface area contributed by atoms with Gasteiger partial charge in [-0.25, -0.2) is 4.98 Å². The van der Waals surface area contributed by atoms with Gasteiger partial charge >= 0.3 is 0 Å². The number of amides is 1. The number of carbonyl (C=O) groups is 1. The van der Waals surface area contributed by atoms with Gasteiger partial charge in [-0.05, 0) is 24.4 Å². The summed E-state index contributed by atoms with van der Waals surface area (Å²) in [6.45, 7) is 1.79. The van der Waals surface area contributed by atoms with Gasteiger partial charge in [0.2, 0.25) is 0 Å². The quantitative estimate of drug-likeness (QED) is 0.619. The zero-order valence-electron chi connectivity index (χ0n) is 13.0. The van der Waals surface area contributed by atoms with Crippen LogP contribution in [0.1, 0.15) is 16.1 Å². The van der Waals surface area contributed by atoms with E-state index in [0.29, 0.717) is 33.9 Å². The van der Waals surface area contributed by atoms with Crippen LogP contribution in [0.5, 0.6) is 0 Å². The zero-order chi connectivity index (χ0) is 16.7. The van der Waals surface area contributed by atoms with Crippen molar-refractivity contribution < 1.29 is 9.32 Å². The lowest BCUT2D eigenvalue weighted by Crippen LogP contribution is -2.13. The molecular weight excluding hydrogens is 326 g/mol. The van der Waals surface area contributed by atoms with E-state index in [1.165, 1.54) is 0 Å². The number of hydrogen-bond acceptors (Lipinski definition) is 6. The Morgan fingerprint density at radius 3 is 2.96 bits per heavy atom. The second-order valence-corrected chi connectivity index (χ2v) is 6.26. The lowest BCUT2D eigenvalue weighted by Gasteiger charge is -2.05. The average Bonchev–Trinajstić information content (AvgIpc) is 3.29. The summed E-state index contributed by atoms with van der Waals surface area (Å²) in [4.78, 5) is 18.2. The minimum absolute atomic E-state index is 0.273. The molecule has 0 aliphatic heterocycles. The maximum absolute atomic E-state index is 12.8. The van der Waals surface area contributed by atoms with Crippen LogP contribution in [-0.4, -0.2) is 25.8 Å². The van der Waals surface area contributed by atoms with Crippen LogP contribution >= 0.6 is 11.3 Å². The first-order valence-electron chi connectivity index (χ1n) is 7.24. The van der Waals surface area contributed by atoms with Gasteiger partial charge in [-0.2, -0.15) is 5.10 Å². The van der Waals surface area contributed by atoms with Gasteiger partial charge in [0.1, 0.15) is 0 Å². The Morgan fingerprint density at radius 1 is 1.38 bits per heavy atom. The van der Waals surface area contributed by atoms with Crippen molar-refractivity contribution in [2.45, 2.75) is 6.92 Å². The molecule has 4 aromatic rings. The van der Waals surface area contributed by atoms with Crippen LogP contribution in [0.25, 0.3) is 21.7 Å². The fourth-order valence-electron chi connectivity index (χ4n) is 2.49. The average molecular weight is 339 g/mol. The Labute approximate surface area is 140 Å². The van der Waals surface area contributed by atoms with Crippen molar-refractivity contribution in [3.8, 4) is 10.6 Å². The molecule has 120 valence electrons. The predicted molar refractivity (Wildman–Crippen MR) is 91.0 cm³/mol. The third kappa shape index (κ3) is 2.46. The summed E-state index contributed by atoms with van der Waals surface area (Å²) in [5.41, 5.74) is 2.12. The number of hydrogen-bond donors (Lipinski definition) is 1. The summed E-state index contributed by atoms with van der Waals surface area (Å²) < 4.78 is 6.90. The first-order valence-corrected chi connectivity index (χ1v) is 8.11. The molecule has 4 heterocycles. The fourth-order valence-corrected chi connectivity index (χ4v) is 3.18. The monoisotopic (exact) mass is 339 g/mol. The second kappa shape index (κ2) is 5.57. The predicted octanol–water partition coefficient (Wildman–Crippen LogP) is 3.25. The van der Waals surface area contributed by atoms with E-state index in [0.717, 1.165) is 4.88 Å². The van der Waals surface area contributed by atoms with Crippen molar-refractivity contribution in [2.75, 3.05) is 5.32 Å². The van der Waals surface area contributed by atoms with E-state index < -0.39 is 0 Å². The number of nitrogens with one attached hydrogen (secondary N) is 1. The number of nitrogens with zero attached hydrogens (tertiary/aromatic N) is 4. The first-order chi connectivity index (χ1) is 11.6. The third-order valence-corrected chi connectivity index (χ3v) is 4.48. The Bertz CT molecular complexity index is 1030. The van der Waals surface area contributed by atoms with Crippen molar-refractivity contribution in [3.05, 3.63) is 47.1 Å². The SMILES string of the molecule is Cc1noc2nc(-c3cccs3)cc(C(=O)Nc3ccn(C)n3)c12. The Balaban J connectivity index is 1.83. The van der Waals surface area contributed by atoms with Crippen LogP contribution < -0.4 is 5.32 Å². The molecule has 4 aromatic heterocycles. The molecule has 0 spiro atoms. The third-order valence-electron chi connectivity index (χ3n) is 3.59. The van der Waals surface area contributed by atoms with Gasteiger partial charge in [-0.3, -0.25) is 9.48 Å². The largest absolute Gasteiger partial charge is 0.335 e. The summed E-state index contributed by atoms with van der Waals surface area (Å²) in [5.74, 6) is 0.212. The summed E-state index contributed by atoms with van der Waals surface area (Å²) in [6, 6.07) is 7.38. The number of thiophene rings is 1. The van der Waals surface area contributed by atoms with Gasteiger partial charge in [0.05, 0.1) is 27.2 Å². The van der Waals surface area contributed by atoms with Crippen molar-refractivity contribution >= 4 is 34.2 Å². The van der Waals surface area contributed by atoms with Crippen LogP contribution in [0.4, 0.5) is 5.82 Å². The van der Waals surface area contributed by atoms with Crippen molar-refractivity contribution in [1.82, 2.24) is 19.9 Å². The Hall–Kier alpha value is -3.00. The molecule has 24 heavy (non-hydrogen) atoms. The van der Waals surface area contributed by atoms with Crippen LogP contribution in [-0.2, 0) is 7.05 Å². The molecule has 0 bridgehead atoms. The van der Waals surface area contributed by atoms with Gasteiger partial charge < -0.3 is 9.84 Å². The number of pyridine rings is 1. The lowest BCUT2D eigenvalue weighted by molar-refractivity contribution is 0.102. The minimum Gasteiger partial charge on any atom is -0.335 e. The molecule has 0 aliphatic rings. The highest BCUT2D eigenvalue weighted by Crippen LogP contribution is 2.29. The lowest BCUT2D eigenvalue weighted by atomic mass is 10.1. The molecule has 1 N–H and O–H groups in total. The van der Waals surface area contributed by atoms with Gasteiger partial charge in [0.15, 0.2) is 5.82 Å². The number of aromatic nitrogens is 4. The Morgan fingerprint density at radius 2 is 2.25 bits per heavy atom. The number of aryl methyl sites for hydroxylation is 2. The van der Waals surface area contributed by atoms with E-state index in [1.54, 1.807) is 48.3 Å². The van der Waals surface area contributed by atoms with E-state index in [1.807, 2.05) is 17.5 Å². The maximum atomic E-state index is 12.8. The standard InChI is InChI=1S/C16H13N5O2S/c1-9-14-10(15(22)18-13-5-6-21(2)19-13)8-11(12-4-3-7-24-12)17-16(14)23-20-9/h3-8H,1-2H3,(H,18,19,22). The summed E-state index contributed by atoms with van der Waals surface area (Å²) >= 11 is 1.55. The molecular formula is C16H13N5O2S. The molecule has 8 heteroatoms. The van der Waals surface area contributed by atoms with Gasteiger partial charge in [0.25, 0.3) is 11.6 Å². The molecule has 7 nitrogen and oxygen atoms in total. The van der Waals surface area contributed by atoms with E-state index >= 15 is 0 Å². The maximum Gasteiger partial charge on any atom is 0.259 e. The zero-order valence-corrected chi connectivity index (χ0v) is 13.8. The number of carbonyl (C=O) groups excluding carboxylic acids is 1. The molecule has 0 atom stereocenters. The fraction of sp³-hybridized carbons (Fsp3) is 0.125. The number of fused-ring (bicyclic) bond motifs is 1. The van der Waals surface area contributed by atoms with Crippen LogP contribution in [0.2, 0.25) is 0 Å². The van der Waals surface area contributed by atoms with Crippen LogP contribution in [0.15, 0.2) is 40.4 Å².